The first-order valence-electron chi connectivity index (χ1n) is 8.01. The Bertz CT molecular complexity index is 1170. The first-order chi connectivity index (χ1) is 13.1. The molecule has 0 bridgehead atoms. The molecule has 2 aromatic carbocycles. The third kappa shape index (κ3) is 4.04. The van der Waals surface area contributed by atoms with E-state index in [4.69, 9.17) is 11.6 Å². The number of thiophene rings is 1. The molecule has 1 heterocycles. The van der Waals surface area contributed by atoms with Crippen LogP contribution in [-0.2, 0) is 10.0 Å². The van der Waals surface area contributed by atoms with Gasteiger partial charge in [-0.1, -0.05) is 23.7 Å². The van der Waals surface area contributed by atoms with Crippen LogP contribution >= 0.6 is 22.9 Å². The summed E-state index contributed by atoms with van der Waals surface area (Å²) in [7, 11) is -4.04. The van der Waals surface area contributed by atoms with Crippen molar-refractivity contribution in [1.82, 2.24) is 0 Å². The van der Waals surface area contributed by atoms with Crippen molar-refractivity contribution in [2.45, 2.75) is 18.7 Å². The SMILES string of the molecule is Cc1cc(S(=O)(=O)Nc2cc(-c3ccc(F)cc3)sc2C(=O)O)c(C)cc1Cl. The molecule has 1 aromatic heterocycles. The Kier molecular flexibility index (Phi) is 5.47. The van der Waals surface area contributed by atoms with Gasteiger partial charge in [-0.15, -0.1) is 11.3 Å². The Hall–Kier alpha value is -2.42. The van der Waals surface area contributed by atoms with Gasteiger partial charge in [-0.2, -0.15) is 0 Å². The first-order valence-corrected chi connectivity index (χ1v) is 10.7. The van der Waals surface area contributed by atoms with Gasteiger partial charge in [0.25, 0.3) is 10.0 Å². The Morgan fingerprint density at radius 1 is 1.11 bits per heavy atom. The fraction of sp³-hybridized carbons (Fsp3) is 0.105. The molecule has 0 aliphatic rings. The maximum Gasteiger partial charge on any atom is 0.348 e. The lowest BCUT2D eigenvalue weighted by atomic mass is 10.2. The Morgan fingerprint density at radius 2 is 1.75 bits per heavy atom. The third-order valence-corrected chi connectivity index (χ3v) is 7.13. The van der Waals surface area contributed by atoms with Crippen LogP contribution in [0.1, 0.15) is 20.8 Å². The van der Waals surface area contributed by atoms with Crippen LogP contribution in [0.4, 0.5) is 10.1 Å². The number of sulfonamides is 1. The van der Waals surface area contributed by atoms with Crippen molar-refractivity contribution in [3.8, 4) is 10.4 Å². The van der Waals surface area contributed by atoms with Crippen LogP contribution in [0.15, 0.2) is 47.4 Å². The number of hydrogen-bond acceptors (Lipinski definition) is 4. The summed E-state index contributed by atoms with van der Waals surface area (Å²) in [5.74, 6) is -1.69. The maximum atomic E-state index is 13.1. The van der Waals surface area contributed by atoms with Crippen molar-refractivity contribution in [3.63, 3.8) is 0 Å². The highest BCUT2D eigenvalue weighted by molar-refractivity contribution is 7.92. The van der Waals surface area contributed by atoms with E-state index in [0.29, 0.717) is 26.6 Å². The van der Waals surface area contributed by atoms with Crippen LogP contribution in [0, 0.1) is 19.7 Å². The topological polar surface area (TPSA) is 83.5 Å². The highest BCUT2D eigenvalue weighted by Gasteiger charge is 2.24. The van der Waals surface area contributed by atoms with Gasteiger partial charge in [-0.3, -0.25) is 4.72 Å². The van der Waals surface area contributed by atoms with E-state index in [2.05, 4.69) is 4.72 Å². The zero-order chi connectivity index (χ0) is 20.6. The van der Waals surface area contributed by atoms with E-state index < -0.39 is 21.8 Å². The van der Waals surface area contributed by atoms with E-state index in [1.807, 2.05) is 0 Å². The van der Waals surface area contributed by atoms with Gasteiger partial charge in [0.05, 0.1) is 10.6 Å². The van der Waals surface area contributed by atoms with E-state index in [1.165, 1.54) is 36.4 Å². The third-order valence-electron chi connectivity index (χ3n) is 4.05. The summed E-state index contributed by atoms with van der Waals surface area (Å²) < 4.78 is 41.2. The number of halogens is 2. The van der Waals surface area contributed by atoms with Crippen molar-refractivity contribution in [3.05, 3.63) is 69.3 Å². The van der Waals surface area contributed by atoms with Crippen molar-refractivity contribution in [2.75, 3.05) is 4.72 Å². The molecule has 0 unspecified atom stereocenters. The Morgan fingerprint density at radius 3 is 2.36 bits per heavy atom. The molecule has 2 N–H and O–H groups in total. The molecule has 0 amide bonds. The molecule has 9 heteroatoms. The predicted octanol–water partition coefficient (Wildman–Crippen LogP) is 5.32. The lowest BCUT2D eigenvalue weighted by molar-refractivity contribution is 0.0703. The number of anilines is 1. The summed E-state index contributed by atoms with van der Waals surface area (Å²) in [5.41, 5.74) is 1.55. The molecule has 0 fully saturated rings. The van der Waals surface area contributed by atoms with Gasteiger partial charge in [0.2, 0.25) is 0 Å². The van der Waals surface area contributed by atoms with E-state index in [1.54, 1.807) is 19.9 Å². The maximum absolute atomic E-state index is 13.1. The average molecular weight is 440 g/mol. The minimum atomic E-state index is -4.04. The number of carboxylic acids is 1. The summed E-state index contributed by atoms with van der Waals surface area (Å²) in [6, 6.07) is 9.90. The molecule has 0 saturated carbocycles. The lowest BCUT2D eigenvalue weighted by Crippen LogP contribution is -2.15. The number of rotatable bonds is 5. The quantitative estimate of drug-likeness (QED) is 0.563. The van der Waals surface area contributed by atoms with Gasteiger partial charge in [0.15, 0.2) is 0 Å². The van der Waals surface area contributed by atoms with Crippen molar-refractivity contribution < 1.29 is 22.7 Å². The lowest BCUT2D eigenvalue weighted by Gasteiger charge is -2.11. The summed E-state index contributed by atoms with van der Waals surface area (Å²) in [5, 5.41) is 9.91. The van der Waals surface area contributed by atoms with Crippen LogP contribution in [0.25, 0.3) is 10.4 Å². The van der Waals surface area contributed by atoms with Crippen molar-refractivity contribution in [1.29, 1.82) is 0 Å². The second-order valence-corrected chi connectivity index (χ2v) is 9.25. The standard InChI is InChI=1S/C19H15ClFNO4S2/c1-10-8-17(11(2)7-14(10)20)28(25,26)22-15-9-16(27-18(15)19(23)24)12-3-5-13(21)6-4-12/h3-9,22H,1-2H3,(H,23,24). The number of nitrogens with one attached hydrogen (secondary N) is 1. The van der Waals surface area contributed by atoms with E-state index in [0.717, 1.165) is 11.3 Å². The molecular weight excluding hydrogens is 425 g/mol. The molecule has 0 saturated heterocycles. The molecule has 3 aromatic rings. The number of aromatic carboxylic acids is 1. The summed E-state index contributed by atoms with van der Waals surface area (Å²) >= 11 is 6.93. The summed E-state index contributed by atoms with van der Waals surface area (Å²) in [6.45, 7) is 3.29. The molecule has 0 atom stereocenters. The smallest absolute Gasteiger partial charge is 0.348 e. The van der Waals surface area contributed by atoms with Crippen molar-refractivity contribution in [2.24, 2.45) is 0 Å². The van der Waals surface area contributed by atoms with Gasteiger partial charge in [-0.25, -0.2) is 17.6 Å². The molecule has 5 nitrogen and oxygen atoms in total. The second kappa shape index (κ2) is 7.54. The van der Waals surface area contributed by atoms with E-state index in [-0.39, 0.29) is 15.5 Å². The van der Waals surface area contributed by atoms with E-state index in [9.17, 15) is 22.7 Å². The molecule has 0 radical (unpaired) electrons. The number of benzene rings is 2. The normalized spacial score (nSPS) is 11.4. The molecule has 0 aliphatic carbocycles. The number of carboxylic acid groups (broad SMARTS) is 1. The largest absolute Gasteiger partial charge is 0.477 e. The number of hydrogen-bond donors (Lipinski definition) is 2. The van der Waals surface area contributed by atoms with Crippen LogP contribution in [0.5, 0.6) is 0 Å². The minimum absolute atomic E-state index is 0.0141. The van der Waals surface area contributed by atoms with Crippen molar-refractivity contribution >= 4 is 44.6 Å². The fourth-order valence-electron chi connectivity index (χ4n) is 2.63. The van der Waals surface area contributed by atoms with Crippen LogP contribution in [0.2, 0.25) is 5.02 Å². The number of aryl methyl sites for hydroxylation is 2. The molecule has 3 rings (SSSR count). The first kappa shape index (κ1) is 20.3. The van der Waals surface area contributed by atoms with Gasteiger partial charge in [0, 0.05) is 9.90 Å². The zero-order valence-corrected chi connectivity index (χ0v) is 17.2. The van der Waals surface area contributed by atoms with E-state index >= 15 is 0 Å². The average Bonchev–Trinajstić information content (AvgIpc) is 3.02. The summed E-state index contributed by atoms with van der Waals surface area (Å²) in [4.78, 5) is 12.0. The van der Waals surface area contributed by atoms with Crippen LogP contribution < -0.4 is 4.72 Å². The predicted molar refractivity (Wildman–Crippen MR) is 108 cm³/mol. The summed E-state index contributed by atoms with van der Waals surface area (Å²) in [6.07, 6.45) is 0. The molecule has 146 valence electrons. The fourth-order valence-corrected chi connectivity index (χ4v) is 5.24. The highest BCUT2D eigenvalue weighted by atomic mass is 35.5. The second-order valence-electron chi connectivity index (χ2n) is 6.14. The van der Waals surface area contributed by atoms with Gasteiger partial charge in [0.1, 0.15) is 10.7 Å². The van der Waals surface area contributed by atoms with Gasteiger partial charge in [-0.05, 0) is 60.9 Å². The minimum Gasteiger partial charge on any atom is -0.477 e. The number of carbonyl (C=O) groups is 1. The van der Waals surface area contributed by atoms with Gasteiger partial charge < -0.3 is 5.11 Å². The Labute approximate surface area is 170 Å². The Balaban J connectivity index is 2.05. The molecule has 0 aliphatic heterocycles. The molecular formula is C19H15ClFNO4S2. The van der Waals surface area contributed by atoms with Crippen LogP contribution in [0.3, 0.4) is 0 Å². The molecule has 0 spiro atoms. The monoisotopic (exact) mass is 439 g/mol. The van der Waals surface area contributed by atoms with Crippen LogP contribution in [-0.4, -0.2) is 19.5 Å². The van der Waals surface area contributed by atoms with Gasteiger partial charge >= 0.3 is 5.97 Å². The molecule has 28 heavy (non-hydrogen) atoms. The highest BCUT2D eigenvalue weighted by Crippen LogP contribution is 2.36. The zero-order valence-electron chi connectivity index (χ0n) is 14.8.